The lowest BCUT2D eigenvalue weighted by Crippen LogP contribution is -1.97. The predicted molar refractivity (Wildman–Crippen MR) is 69.3 cm³/mol. The lowest BCUT2D eigenvalue weighted by Gasteiger charge is -2.12. The quantitative estimate of drug-likeness (QED) is 0.557. The Labute approximate surface area is 103 Å². The molecule has 1 saturated carbocycles. The minimum Gasteiger partial charge on any atom is -0.497 e. The second kappa shape index (κ2) is 4.40. The van der Waals surface area contributed by atoms with Crippen molar-refractivity contribution >= 4 is 0 Å². The Morgan fingerprint density at radius 3 is 2.76 bits per heavy atom. The lowest BCUT2D eigenvalue weighted by molar-refractivity contribution is 0.231. The highest BCUT2D eigenvalue weighted by atomic mass is 16.5. The Kier molecular flexibility index (Phi) is 2.76. The summed E-state index contributed by atoms with van der Waals surface area (Å²) in [4.78, 5) is 0. The van der Waals surface area contributed by atoms with Gasteiger partial charge in [0.05, 0.1) is 6.26 Å². The third-order valence-electron chi connectivity index (χ3n) is 3.93. The van der Waals surface area contributed by atoms with Crippen molar-refractivity contribution in [1.29, 1.82) is 0 Å². The van der Waals surface area contributed by atoms with Crippen molar-refractivity contribution in [2.24, 2.45) is 11.8 Å². The predicted octanol–water partition coefficient (Wildman–Crippen LogP) is 4.07. The smallest absolute Gasteiger partial charge is 0.112 e. The van der Waals surface area contributed by atoms with Crippen LogP contribution >= 0.6 is 0 Å². The fourth-order valence-electron chi connectivity index (χ4n) is 2.91. The van der Waals surface area contributed by atoms with Gasteiger partial charge in [-0.05, 0) is 36.8 Å². The number of ether oxygens (including phenoxy) is 1. The van der Waals surface area contributed by atoms with Crippen LogP contribution < -0.4 is 0 Å². The van der Waals surface area contributed by atoms with Crippen LogP contribution in [0.4, 0.5) is 0 Å². The van der Waals surface area contributed by atoms with Crippen molar-refractivity contribution in [3.05, 3.63) is 59.4 Å². The summed E-state index contributed by atoms with van der Waals surface area (Å²) >= 11 is 0. The van der Waals surface area contributed by atoms with E-state index in [9.17, 15) is 0 Å². The third kappa shape index (κ3) is 2.14. The van der Waals surface area contributed by atoms with Crippen molar-refractivity contribution in [3.8, 4) is 0 Å². The van der Waals surface area contributed by atoms with Crippen molar-refractivity contribution in [1.82, 2.24) is 0 Å². The van der Waals surface area contributed by atoms with E-state index < -0.39 is 0 Å². The molecule has 3 rings (SSSR count). The molecular formula is C16H18O. The molecule has 0 radical (unpaired) electrons. The van der Waals surface area contributed by atoms with Crippen molar-refractivity contribution in [3.63, 3.8) is 0 Å². The fraction of sp³-hybridized carbons (Fsp3) is 0.375. The molecule has 0 N–H and O–H groups in total. The summed E-state index contributed by atoms with van der Waals surface area (Å²) in [5.74, 6) is 1.46. The summed E-state index contributed by atoms with van der Waals surface area (Å²) in [5, 5.41) is 0. The van der Waals surface area contributed by atoms with Gasteiger partial charge < -0.3 is 4.74 Å². The summed E-state index contributed by atoms with van der Waals surface area (Å²) in [6.45, 7) is 2.94. The largest absolute Gasteiger partial charge is 0.497 e. The number of hydrogen-bond acceptors (Lipinski definition) is 1. The van der Waals surface area contributed by atoms with Crippen molar-refractivity contribution < 1.29 is 4.74 Å². The highest BCUT2D eigenvalue weighted by Gasteiger charge is 2.34. The molecule has 2 atom stereocenters. The van der Waals surface area contributed by atoms with Gasteiger partial charge in [-0.25, -0.2) is 0 Å². The van der Waals surface area contributed by atoms with Gasteiger partial charge >= 0.3 is 0 Å². The molecule has 0 aliphatic heterocycles. The molecule has 1 fully saturated rings. The first kappa shape index (κ1) is 10.6. The Morgan fingerprint density at radius 2 is 2.12 bits per heavy atom. The minimum atomic E-state index is 0.663. The van der Waals surface area contributed by atoms with Gasteiger partial charge in [0.15, 0.2) is 0 Å². The minimum absolute atomic E-state index is 0.663. The monoisotopic (exact) mass is 226 g/mol. The first-order valence-electron chi connectivity index (χ1n) is 6.35. The standard InChI is InChI=1S/C16H18O/c1-12-7-15-8-14(12)9-16(15)11-17-10-13-5-3-2-4-6-13/h2-7,11,14-15H,8-10H2,1H3/b16-11-/t14-,15+/m1/s1. The molecule has 88 valence electrons. The maximum Gasteiger partial charge on any atom is 0.112 e. The first-order valence-corrected chi connectivity index (χ1v) is 6.35. The number of fused-ring (bicyclic) bond motifs is 2. The molecule has 0 aromatic heterocycles. The van der Waals surface area contributed by atoms with Crippen LogP contribution in [0.3, 0.4) is 0 Å². The van der Waals surface area contributed by atoms with E-state index in [1.165, 1.54) is 24.0 Å². The van der Waals surface area contributed by atoms with Crippen molar-refractivity contribution in [2.75, 3.05) is 0 Å². The molecule has 0 spiro atoms. The zero-order valence-corrected chi connectivity index (χ0v) is 10.2. The van der Waals surface area contributed by atoms with Gasteiger partial charge in [-0.1, -0.05) is 42.0 Å². The van der Waals surface area contributed by atoms with Gasteiger partial charge in [-0.2, -0.15) is 0 Å². The number of hydrogen-bond donors (Lipinski definition) is 0. The van der Waals surface area contributed by atoms with E-state index in [0.717, 1.165) is 5.92 Å². The Hall–Kier alpha value is -1.50. The van der Waals surface area contributed by atoms with Crippen LogP contribution in [0.25, 0.3) is 0 Å². The summed E-state index contributed by atoms with van der Waals surface area (Å²) < 4.78 is 5.70. The van der Waals surface area contributed by atoms with E-state index in [4.69, 9.17) is 4.74 Å². The Morgan fingerprint density at radius 1 is 1.29 bits per heavy atom. The first-order chi connectivity index (χ1) is 8.33. The molecule has 0 amide bonds. The van der Waals surface area contributed by atoms with Gasteiger partial charge in [0, 0.05) is 5.92 Å². The summed E-state index contributed by atoms with van der Waals surface area (Å²) in [6.07, 6.45) is 6.93. The van der Waals surface area contributed by atoms with Crippen LogP contribution in [0.2, 0.25) is 0 Å². The number of benzene rings is 1. The summed E-state index contributed by atoms with van der Waals surface area (Å²) in [6, 6.07) is 10.3. The van der Waals surface area contributed by atoms with E-state index >= 15 is 0 Å². The van der Waals surface area contributed by atoms with Gasteiger partial charge in [0.2, 0.25) is 0 Å². The van der Waals surface area contributed by atoms with Gasteiger partial charge in [0.1, 0.15) is 6.61 Å². The number of rotatable bonds is 3. The maximum atomic E-state index is 5.70. The van der Waals surface area contributed by atoms with Crippen LogP contribution in [0.1, 0.15) is 25.3 Å². The fourth-order valence-corrected chi connectivity index (χ4v) is 2.91. The van der Waals surface area contributed by atoms with E-state index in [-0.39, 0.29) is 0 Å². The zero-order chi connectivity index (χ0) is 11.7. The molecule has 2 aliphatic carbocycles. The van der Waals surface area contributed by atoms with Crippen LogP contribution in [0, 0.1) is 11.8 Å². The summed E-state index contributed by atoms with van der Waals surface area (Å²) in [7, 11) is 0. The molecule has 1 nitrogen and oxygen atoms in total. The second-order valence-electron chi connectivity index (χ2n) is 5.14. The number of allylic oxidation sites excluding steroid dienone is 3. The third-order valence-corrected chi connectivity index (χ3v) is 3.93. The van der Waals surface area contributed by atoms with Gasteiger partial charge in [-0.3, -0.25) is 0 Å². The Bertz CT molecular complexity index is 456. The van der Waals surface area contributed by atoms with Crippen LogP contribution in [-0.4, -0.2) is 0 Å². The van der Waals surface area contributed by atoms with Gasteiger partial charge in [0.25, 0.3) is 0 Å². The van der Waals surface area contributed by atoms with Gasteiger partial charge in [-0.15, -0.1) is 0 Å². The lowest BCUT2D eigenvalue weighted by atomic mass is 9.97. The van der Waals surface area contributed by atoms with Crippen molar-refractivity contribution in [2.45, 2.75) is 26.4 Å². The SMILES string of the molecule is CC1=C[C@H]2C[C@@H]1C/C2=C/OCc1ccccc1. The topological polar surface area (TPSA) is 9.23 Å². The van der Waals surface area contributed by atoms with E-state index in [1.54, 1.807) is 5.57 Å². The molecule has 2 bridgehead atoms. The van der Waals surface area contributed by atoms with E-state index in [2.05, 4.69) is 37.3 Å². The van der Waals surface area contributed by atoms with E-state index in [1.807, 2.05) is 12.3 Å². The molecule has 2 aliphatic rings. The molecule has 1 aromatic rings. The highest BCUT2D eigenvalue weighted by Crippen LogP contribution is 2.46. The molecule has 1 heteroatoms. The van der Waals surface area contributed by atoms with Crippen LogP contribution in [-0.2, 0) is 11.3 Å². The molecule has 1 aromatic carbocycles. The molecule has 0 unspecified atom stereocenters. The molecule has 17 heavy (non-hydrogen) atoms. The average molecular weight is 226 g/mol. The van der Waals surface area contributed by atoms with Crippen LogP contribution in [0.15, 0.2) is 53.8 Å². The maximum absolute atomic E-state index is 5.70. The zero-order valence-electron chi connectivity index (χ0n) is 10.2. The summed E-state index contributed by atoms with van der Waals surface area (Å²) in [5.41, 5.74) is 4.30. The molecule has 0 saturated heterocycles. The van der Waals surface area contributed by atoms with E-state index in [0.29, 0.717) is 12.5 Å². The second-order valence-corrected chi connectivity index (χ2v) is 5.14. The highest BCUT2D eigenvalue weighted by molar-refractivity contribution is 5.31. The van der Waals surface area contributed by atoms with Crippen LogP contribution in [0.5, 0.6) is 0 Å². The molecular weight excluding hydrogens is 208 g/mol. The molecule has 0 heterocycles. The Balaban J connectivity index is 1.59. The normalized spacial score (nSPS) is 28.5. The average Bonchev–Trinajstić information content (AvgIpc) is 2.89.